The minimum absolute atomic E-state index is 0.0769. The molecule has 2 amide bonds. The summed E-state index contributed by atoms with van der Waals surface area (Å²) in [5, 5.41) is 2.53. The zero-order valence-corrected chi connectivity index (χ0v) is 14.4. The molecule has 1 aromatic rings. The number of nitrogens with one attached hydrogen (secondary N) is 1. The molecule has 1 N–H and O–H groups in total. The van der Waals surface area contributed by atoms with Crippen LogP contribution in [0.25, 0.3) is 0 Å². The second-order valence-electron chi connectivity index (χ2n) is 5.70. The highest BCUT2D eigenvalue weighted by molar-refractivity contribution is 5.83. The molecule has 0 aliphatic carbocycles. The molecule has 0 heterocycles. The Morgan fingerprint density at radius 2 is 1.91 bits per heavy atom. The lowest BCUT2D eigenvalue weighted by molar-refractivity contribution is -0.135. The van der Waals surface area contributed by atoms with Crippen LogP contribution in [0.2, 0.25) is 0 Å². The summed E-state index contributed by atoms with van der Waals surface area (Å²) in [5.74, 6) is -0.289. The summed E-state index contributed by atoms with van der Waals surface area (Å²) in [5.41, 5.74) is 1.34. The second-order valence-corrected chi connectivity index (χ2v) is 5.70. The largest absolute Gasteiger partial charge is 0.377 e. The average molecular weight is 320 g/mol. The van der Waals surface area contributed by atoms with Gasteiger partial charge in [-0.1, -0.05) is 30.3 Å². The molecule has 0 aliphatic rings. The Morgan fingerprint density at radius 3 is 2.52 bits per heavy atom. The fourth-order valence-corrected chi connectivity index (χ4v) is 2.28. The molecule has 5 nitrogen and oxygen atoms in total. The van der Waals surface area contributed by atoms with Crippen LogP contribution in [-0.2, 0) is 20.7 Å². The zero-order chi connectivity index (χ0) is 17.1. The van der Waals surface area contributed by atoms with Gasteiger partial charge in [-0.2, -0.15) is 0 Å². The lowest BCUT2D eigenvalue weighted by Crippen LogP contribution is -2.42. The molecule has 0 aliphatic heterocycles. The number of hydrogen-bond donors (Lipinski definition) is 1. The van der Waals surface area contributed by atoms with Crippen LogP contribution in [0.15, 0.2) is 30.3 Å². The smallest absolute Gasteiger partial charge is 0.239 e. The highest BCUT2D eigenvalue weighted by Crippen LogP contribution is 2.06. The van der Waals surface area contributed by atoms with E-state index in [-0.39, 0.29) is 24.5 Å². The van der Waals surface area contributed by atoms with Crippen LogP contribution < -0.4 is 5.32 Å². The van der Waals surface area contributed by atoms with Crippen molar-refractivity contribution in [2.75, 3.05) is 26.7 Å². The number of aryl methyl sites for hydroxylation is 1. The molecule has 0 saturated carbocycles. The highest BCUT2D eigenvalue weighted by atomic mass is 16.5. The van der Waals surface area contributed by atoms with Crippen LogP contribution in [0.5, 0.6) is 0 Å². The van der Waals surface area contributed by atoms with Crippen molar-refractivity contribution in [3.63, 3.8) is 0 Å². The van der Waals surface area contributed by atoms with Gasteiger partial charge < -0.3 is 15.0 Å². The van der Waals surface area contributed by atoms with Crippen molar-refractivity contribution < 1.29 is 14.3 Å². The molecule has 0 spiro atoms. The summed E-state index contributed by atoms with van der Waals surface area (Å²) in [4.78, 5) is 24.5. The third-order valence-corrected chi connectivity index (χ3v) is 3.64. The van der Waals surface area contributed by atoms with E-state index in [1.165, 1.54) is 17.4 Å². The first-order valence-electron chi connectivity index (χ1n) is 8.14. The van der Waals surface area contributed by atoms with Gasteiger partial charge in [0.15, 0.2) is 0 Å². The summed E-state index contributed by atoms with van der Waals surface area (Å²) in [6, 6.07) is 10.4. The number of unbranched alkanes of at least 4 members (excludes halogenated alkanes) is 1. The van der Waals surface area contributed by atoms with E-state index in [4.69, 9.17) is 4.74 Å². The molecule has 0 aromatic heterocycles. The van der Waals surface area contributed by atoms with Crippen LogP contribution >= 0.6 is 0 Å². The lowest BCUT2D eigenvalue weighted by atomic mass is 10.1. The van der Waals surface area contributed by atoms with Gasteiger partial charge in [0, 0.05) is 27.1 Å². The van der Waals surface area contributed by atoms with Crippen molar-refractivity contribution in [1.82, 2.24) is 10.2 Å². The van der Waals surface area contributed by atoms with Gasteiger partial charge >= 0.3 is 0 Å². The summed E-state index contributed by atoms with van der Waals surface area (Å²) in [6.45, 7) is 4.57. The molecule has 1 atom stereocenters. The molecule has 0 fully saturated rings. The van der Waals surface area contributed by atoms with Gasteiger partial charge in [-0.05, 0) is 31.7 Å². The Kier molecular flexibility index (Phi) is 8.98. The van der Waals surface area contributed by atoms with Crippen molar-refractivity contribution in [3.8, 4) is 0 Å². The standard InChI is InChI=1S/C18H28N2O3/c1-15(13-20(16(2)21)14-18(22)19-3)23-12-8-7-11-17-9-5-4-6-10-17/h4-6,9-10,15H,7-8,11-14H2,1-3H3,(H,19,22). The molecular formula is C18H28N2O3. The molecule has 0 bridgehead atoms. The number of likely N-dealkylation sites (N-methyl/N-ethyl adjacent to an activating group) is 1. The highest BCUT2D eigenvalue weighted by Gasteiger charge is 2.16. The first kappa shape index (κ1) is 19.2. The van der Waals surface area contributed by atoms with E-state index in [0.29, 0.717) is 13.2 Å². The summed E-state index contributed by atoms with van der Waals surface area (Å²) < 4.78 is 5.75. The maximum absolute atomic E-state index is 11.6. The topological polar surface area (TPSA) is 58.6 Å². The minimum atomic E-state index is -0.171. The monoisotopic (exact) mass is 320 g/mol. The molecular weight excluding hydrogens is 292 g/mol. The summed E-state index contributed by atoms with van der Waals surface area (Å²) in [7, 11) is 1.56. The summed E-state index contributed by atoms with van der Waals surface area (Å²) in [6.07, 6.45) is 3.02. The maximum atomic E-state index is 11.6. The van der Waals surface area contributed by atoms with Gasteiger partial charge in [0.2, 0.25) is 11.8 Å². The van der Waals surface area contributed by atoms with E-state index in [9.17, 15) is 9.59 Å². The first-order valence-corrected chi connectivity index (χ1v) is 8.14. The van der Waals surface area contributed by atoms with Crippen LogP contribution in [0.4, 0.5) is 0 Å². The van der Waals surface area contributed by atoms with Crippen molar-refractivity contribution in [2.45, 2.75) is 39.2 Å². The van der Waals surface area contributed by atoms with Gasteiger partial charge in [0.05, 0.1) is 12.6 Å². The lowest BCUT2D eigenvalue weighted by Gasteiger charge is -2.24. The normalized spacial score (nSPS) is 11.8. The van der Waals surface area contributed by atoms with Crippen LogP contribution in [0, 0.1) is 0 Å². The molecule has 23 heavy (non-hydrogen) atoms. The number of benzene rings is 1. The molecule has 0 saturated heterocycles. The van der Waals surface area contributed by atoms with Gasteiger partial charge in [-0.3, -0.25) is 9.59 Å². The number of hydrogen-bond acceptors (Lipinski definition) is 3. The van der Waals surface area contributed by atoms with Gasteiger partial charge in [0.1, 0.15) is 0 Å². The Morgan fingerprint density at radius 1 is 1.22 bits per heavy atom. The number of ether oxygens (including phenoxy) is 1. The fourth-order valence-electron chi connectivity index (χ4n) is 2.28. The zero-order valence-electron chi connectivity index (χ0n) is 14.4. The molecule has 128 valence electrons. The van der Waals surface area contributed by atoms with Crippen molar-refractivity contribution in [3.05, 3.63) is 35.9 Å². The Balaban J connectivity index is 2.20. The van der Waals surface area contributed by atoms with E-state index in [2.05, 4.69) is 29.6 Å². The first-order chi connectivity index (χ1) is 11.0. The quantitative estimate of drug-likeness (QED) is 0.671. The van der Waals surface area contributed by atoms with Crippen molar-refractivity contribution in [2.24, 2.45) is 0 Å². The maximum Gasteiger partial charge on any atom is 0.239 e. The molecule has 0 radical (unpaired) electrons. The van der Waals surface area contributed by atoms with E-state index in [0.717, 1.165) is 19.3 Å². The number of rotatable bonds is 10. The Hall–Kier alpha value is -1.88. The average Bonchev–Trinajstić information content (AvgIpc) is 2.54. The molecule has 1 rings (SSSR count). The predicted molar refractivity (Wildman–Crippen MR) is 91.1 cm³/mol. The second kappa shape index (κ2) is 10.8. The van der Waals surface area contributed by atoms with Crippen LogP contribution in [-0.4, -0.2) is 49.6 Å². The van der Waals surface area contributed by atoms with Gasteiger partial charge in [0.25, 0.3) is 0 Å². The van der Waals surface area contributed by atoms with E-state index in [1.807, 2.05) is 13.0 Å². The minimum Gasteiger partial charge on any atom is -0.377 e. The van der Waals surface area contributed by atoms with Crippen molar-refractivity contribution in [1.29, 1.82) is 0 Å². The van der Waals surface area contributed by atoms with E-state index in [1.54, 1.807) is 7.05 Å². The van der Waals surface area contributed by atoms with Crippen LogP contribution in [0.1, 0.15) is 32.3 Å². The van der Waals surface area contributed by atoms with Crippen molar-refractivity contribution >= 4 is 11.8 Å². The fraction of sp³-hybridized carbons (Fsp3) is 0.556. The third-order valence-electron chi connectivity index (χ3n) is 3.64. The number of carbonyl (C=O) groups excluding carboxylic acids is 2. The Labute approximate surface area is 139 Å². The molecule has 5 heteroatoms. The van der Waals surface area contributed by atoms with Gasteiger partial charge in [-0.15, -0.1) is 0 Å². The van der Waals surface area contributed by atoms with Crippen LogP contribution in [0.3, 0.4) is 0 Å². The number of amides is 2. The van der Waals surface area contributed by atoms with E-state index < -0.39 is 0 Å². The number of nitrogens with zero attached hydrogens (tertiary/aromatic N) is 1. The van der Waals surface area contributed by atoms with E-state index >= 15 is 0 Å². The Bertz CT molecular complexity index is 476. The molecule has 1 aromatic carbocycles. The number of carbonyl (C=O) groups is 2. The predicted octanol–water partition coefficient (Wildman–Crippen LogP) is 2.01. The van der Waals surface area contributed by atoms with Gasteiger partial charge in [-0.25, -0.2) is 0 Å². The SMILES string of the molecule is CNC(=O)CN(CC(C)OCCCCc1ccccc1)C(C)=O. The summed E-state index contributed by atoms with van der Waals surface area (Å²) >= 11 is 0. The molecule has 1 unspecified atom stereocenters. The third kappa shape index (κ3) is 8.35.